The Bertz CT molecular complexity index is 1020. The zero-order valence-electron chi connectivity index (χ0n) is 14.1. The van der Waals surface area contributed by atoms with E-state index < -0.39 is 0 Å². The van der Waals surface area contributed by atoms with E-state index in [1.807, 2.05) is 49.4 Å². The topological polar surface area (TPSA) is 55.2 Å². The molecule has 5 heteroatoms. The number of carbonyl (C=O) groups excluding carboxylic acids is 1. The monoisotopic (exact) mass is 333 g/mol. The highest BCUT2D eigenvalue weighted by atomic mass is 16.2. The van der Waals surface area contributed by atoms with Gasteiger partial charge in [0.15, 0.2) is 0 Å². The number of aromatic nitrogens is 2. The van der Waals surface area contributed by atoms with Crippen molar-refractivity contribution in [2.24, 2.45) is 0 Å². The van der Waals surface area contributed by atoms with Gasteiger partial charge in [0.2, 0.25) is 5.91 Å². The second-order valence-corrected chi connectivity index (χ2v) is 6.21. The van der Waals surface area contributed by atoms with Gasteiger partial charge in [-0.15, -0.1) is 0 Å². The van der Waals surface area contributed by atoms with Crippen molar-refractivity contribution >= 4 is 22.5 Å². The maximum Gasteiger partial charge on any atom is 0.261 e. The van der Waals surface area contributed by atoms with Crippen molar-refractivity contribution in [1.29, 1.82) is 0 Å². The van der Waals surface area contributed by atoms with Crippen LogP contribution in [0.3, 0.4) is 0 Å². The van der Waals surface area contributed by atoms with E-state index in [0.717, 1.165) is 12.1 Å². The smallest absolute Gasteiger partial charge is 0.261 e. The molecule has 0 atom stereocenters. The summed E-state index contributed by atoms with van der Waals surface area (Å²) in [5.74, 6) is 0.573. The number of benzene rings is 2. The van der Waals surface area contributed by atoms with Crippen molar-refractivity contribution in [2.45, 2.75) is 26.3 Å². The second-order valence-electron chi connectivity index (χ2n) is 6.21. The molecule has 0 fully saturated rings. The van der Waals surface area contributed by atoms with Crippen LogP contribution in [0.4, 0.5) is 5.69 Å². The average Bonchev–Trinajstić information content (AvgIpc) is 3.08. The SMILES string of the molecule is CCc1nc2ccccc2c(=O)n1CC(=O)N1CCc2ccccc21. The van der Waals surface area contributed by atoms with Gasteiger partial charge in [0.1, 0.15) is 12.4 Å². The maximum atomic E-state index is 12.9. The van der Waals surface area contributed by atoms with Crippen LogP contribution in [0.5, 0.6) is 0 Å². The summed E-state index contributed by atoms with van der Waals surface area (Å²) >= 11 is 0. The molecule has 5 nitrogen and oxygen atoms in total. The molecule has 3 aromatic rings. The fourth-order valence-electron chi connectivity index (χ4n) is 3.46. The molecular weight excluding hydrogens is 314 g/mol. The molecule has 1 aliphatic rings. The first-order chi connectivity index (χ1) is 12.2. The number of rotatable bonds is 3. The summed E-state index contributed by atoms with van der Waals surface area (Å²) in [6.07, 6.45) is 1.46. The van der Waals surface area contributed by atoms with E-state index in [-0.39, 0.29) is 18.0 Å². The minimum Gasteiger partial charge on any atom is -0.310 e. The number of aryl methyl sites for hydroxylation is 1. The molecule has 25 heavy (non-hydrogen) atoms. The summed E-state index contributed by atoms with van der Waals surface area (Å²) in [7, 11) is 0. The molecule has 0 N–H and O–H groups in total. The highest BCUT2D eigenvalue weighted by molar-refractivity contribution is 5.95. The summed E-state index contributed by atoms with van der Waals surface area (Å²) in [6, 6.07) is 15.2. The van der Waals surface area contributed by atoms with Crippen LogP contribution < -0.4 is 10.5 Å². The molecule has 126 valence electrons. The van der Waals surface area contributed by atoms with E-state index in [2.05, 4.69) is 4.98 Å². The van der Waals surface area contributed by atoms with Gasteiger partial charge in [-0.3, -0.25) is 14.2 Å². The van der Waals surface area contributed by atoms with Gasteiger partial charge in [-0.05, 0) is 30.2 Å². The molecule has 1 aromatic heterocycles. The molecule has 1 aliphatic heterocycles. The van der Waals surface area contributed by atoms with E-state index in [1.54, 1.807) is 11.0 Å². The van der Waals surface area contributed by atoms with Crippen molar-refractivity contribution in [1.82, 2.24) is 9.55 Å². The van der Waals surface area contributed by atoms with Gasteiger partial charge < -0.3 is 4.90 Å². The lowest BCUT2D eigenvalue weighted by molar-refractivity contribution is -0.119. The Morgan fingerprint density at radius 3 is 2.72 bits per heavy atom. The minimum absolute atomic E-state index is 0.0220. The summed E-state index contributed by atoms with van der Waals surface area (Å²) in [4.78, 5) is 32.1. The van der Waals surface area contributed by atoms with Gasteiger partial charge in [-0.2, -0.15) is 0 Å². The van der Waals surface area contributed by atoms with Gasteiger partial charge in [0, 0.05) is 18.7 Å². The van der Waals surface area contributed by atoms with Crippen molar-refractivity contribution in [3.63, 3.8) is 0 Å². The van der Waals surface area contributed by atoms with E-state index >= 15 is 0 Å². The molecule has 4 rings (SSSR count). The van der Waals surface area contributed by atoms with Crippen molar-refractivity contribution in [3.8, 4) is 0 Å². The molecule has 2 heterocycles. The zero-order valence-corrected chi connectivity index (χ0v) is 14.1. The van der Waals surface area contributed by atoms with Crippen LogP contribution in [0.15, 0.2) is 53.3 Å². The van der Waals surface area contributed by atoms with Crippen molar-refractivity contribution in [3.05, 3.63) is 70.3 Å². The van der Waals surface area contributed by atoms with E-state index in [1.165, 1.54) is 10.1 Å². The first kappa shape index (κ1) is 15.6. The standard InChI is InChI=1S/C20H19N3O2/c1-2-18-21-16-9-5-4-8-15(16)20(25)23(18)13-19(24)22-12-11-14-7-3-6-10-17(14)22/h3-10H,2,11-13H2,1H3. The first-order valence-corrected chi connectivity index (χ1v) is 8.55. The van der Waals surface area contributed by atoms with Crippen LogP contribution >= 0.6 is 0 Å². The predicted octanol–water partition coefficient (Wildman–Crippen LogP) is 2.55. The maximum absolute atomic E-state index is 12.9. The van der Waals surface area contributed by atoms with Crippen LogP contribution in [0.1, 0.15) is 18.3 Å². The average molecular weight is 333 g/mol. The lowest BCUT2D eigenvalue weighted by atomic mass is 10.2. The molecule has 0 aliphatic carbocycles. The summed E-state index contributed by atoms with van der Waals surface area (Å²) < 4.78 is 1.52. The van der Waals surface area contributed by atoms with Crippen LogP contribution in [0, 0.1) is 0 Å². The van der Waals surface area contributed by atoms with E-state index in [0.29, 0.717) is 29.7 Å². The molecule has 0 spiro atoms. The van der Waals surface area contributed by atoms with Crippen LogP contribution in [0.2, 0.25) is 0 Å². The quantitative estimate of drug-likeness (QED) is 0.740. The number of carbonyl (C=O) groups is 1. The van der Waals surface area contributed by atoms with Gasteiger partial charge in [0.05, 0.1) is 10.9 Å². The Hall–Kier alpha value is -2.95. The zero-order chi connectivity index (χ0) is 17.4. The number of nitrogens with zero attached hydrogens (tertiary/aromatic N) is 3. The Balaban J connectivity index is 1.73. The van der Waals surface area contributed by atoms with Crippen LogP contribution in [-0.4, -0.2) is 22.0 Å². The highest BCUT2D eigenvalue weighted by Gasteiger charge is 2.25. The molecule has 0 saturated heterocycles. The van der Waals surface area contributed by atoms with E-state index in [9.17, 15) is 9.59 Å². The van der Waals surface area contributed by atoms with E-state index in [4.69, 9.17) is 0 Å². The fourth-order valence-corrected chi connectivity index (χ4v) is 3.46. The summed E-state index contributed by atoms with van der Waals surface area (Å²) in [5, 5.41) is 0.550. The lowest BCUT2D eigenvalue weighted by Gasteiger charge is -2.19. The van der Waals surface area contributed by atoms with Crippen LogP contribution in [-0.2, 0) is 24.2 Å². The van der Waals surface area contributed by atoms with Gasteiger partial charge >= 0.3 is 0 Å². The molecule has 0 saturated carbocycles. The first-order valence-electron chi connectivity index (χ1n) is 8.55. The Kier molecular flexibility index (Phi) is 3.84. The number of hydrogen-bond acceptors (Lipinski definition) is 3. The Morgan fingerprint density at radius 2 is 1.88 bits per heavy atom. The van der Waals surface area contributed by atoms with Gasteiger partial charge in [-0.1, -0.05) is 37.3 Å². The Morgan fingerprint density at radius 1 is 1.12 bits per heavy atom. The number of para-hydroxylation sites is 2. The number of fused-ring (bicyclic) bond motifs is 2. The third-order valence-corrected chi connectivity index (χ3v) is 4.74. The normalized spacial score (nSPS) is 13.2. The third kappa shape index (κ3) is 2.61. The van der Waals surface area contributed by atoms with Crippen LogP contribution in [0.25, 0.3) is 10.9 Å². The lowest BCUT2D eigenvalue weighted by Crippen LogP contribution is -2.37. The molecular formula is C20H19N3O2. The predicted molar refractivity (Wildman–Crippen MR) is 97.9 cm³/mol. The largest absolute Gasteiger partial charge is 0.310 e. The minimum atomic E-state index is -0.150. The third-order valence-electron chi connectivity index (χ3n) is 4.74. The second kappa shape index (κ2) is 6.16. The van der Waals surface area contributed by atoms with Gasteiger partial charge in [-0.25, -0.2) is 4.98 Å². The number of anilines is 1. The highest BCUT2D eigenvalue weighted by Crippen LogP contribution is 2.27. The van der Waals surface area contributed by atoms with Gasteiger partial charge in [0.25, 0.3) is 5.56 Å². The number of hydrogen-bond donors (Lipinski definition) is 0. The molecule has 1 amide bonds. The van der Waals surface area contributed by atoms with Crippen molar-refractivity contribution < 1.29 is 4.79 Å². The molecule has 0 unspecified atom stereocenters. The Labute approximate surface area is 145 Å². The molecule has 2 aromatic carbocycles. The fraction of sp³-hybridized carbons (Fsp3) is 0.250. The summed E-state index contributed by atoms with van der Waals surface area (Å²) in [6.45, 7) is 2.63. The number of amides is 1. The summed E-state index contributed by atoms with van der Waals surface area (Å²) in [5.41, 5.74) is 2.66. The molecule has 0 bridgehead atoms. The van der Waals surface area contributed by atoms with Crippen molar-refractivity contribution in [2.75, 3.05) is 11.4 Å². The molecule has 0 radical (unpaired) electrons.